The Morgan fingerprint density at radius 3 is 2.42 bits per heavy atom. The van der Waals surface area contributed by atoms with Gasteiger partial charge in [0, 0.05) is 11.8 Å². The van der Waals surface area contributed by atoms with Crippen molar-refractivity contribution in [2.75, 3.05) is 0 Å². The van der Waals surface area contributed by atoms with Gasteiger partial charge in [-0.25, -0.2) is 4.39 Å². The molecule has 0 saturated heterocycles. The molecule has 1 fully saturated rings. The van der Waals surface area contributed by atoms with Crippen LogP contribution in [0.3, 0.4) is 0 Å². The van der Waals surface area contributed by atoms with Crippen LogP contribution in [0.4, 0.5) is 4.39 Å². The molecule has 0 aliphatic heterocycles. The van der Waals surface area contributed by atoms with Crippen LogP contribution in [0.2, 0.25) is 0 Å². The number of benzene rings is 1. The lowest BCUT2D eigenvalue weighted by Crippen LogP contribution is -2.50. The van der Waals surface area contributed by atoms with Gasteiger partial charge in [-0.3, -0.25) is 4.98 Å². The number of nitrogens with zero attached hydrogens (tertiary/aromatic N) is 1. The highest BCUT2D eigenvalue weighted by Crippen LogP contribution is 2.62. The fourth-order valence-corrected chi connectivity index (χ4v) is 4.86. The van der Waals surface area contributed by atoms with Crippen LogP contribution >= 0.6 is 0 Å². The van der Waals surface area contributed by atoms with Gasteiger partial charge in [0.2, 0.25) is 0 Å². The van der Waals surface area contributed by atoms with Crippen LogP contribution < -0.4 is 21.9 Å². The molecule has 1 saturated carbocycles. The second-order valence-corrected chi connectivity index (χ2v) is 8.47. The summed E-state index contributed by atoms with van der Waals surface area (Å²) < 4.78 is 15.0. The second kappa shape index (κ2) is 5.03. The summed E-state index contributed by atoms with van der Waals surface area (Å²) >= 11 is 0. The van der Waals surface area contributed by atoms with Crippen molar-refractivity contribution in [3.05, 3.63) is 29.2 Å². The van der Waals surface area contributed by atoms with Crippen molar-refractivity contribution in [3.63, 3.8) is 0 Å². The van der Waals surface area contributed by atoms with Crippen LogP contribution in [-0.2, 0) is 6.42 Å². The first-order valence-corrected chi connectivity index (χ1v) is 8.98. The molecule has 0 amide bonds. The van der Waals surface area contributed by atoms with E-state index in [9.17, 15) is 0 Å². The molecule has 2 bridgehead atoms. The first-order valence-electron chi connectivity index (χ1n) is 8.98. The summed E-state index contributed by atoms with van der Waals surface area (Å²) in [6.07, 6.45) is 4.40. The third kappa shape index (κ3) is 1.95. The molecule has 1 aromatic carbocycles. The zero-order valence-electron chi connectivity index (χ0n) is 15.5. The predicted octanol–water partition coefficient (Wildman–Crippen LogP) is -2.39. The van der Waals surface area contributed by atoms with Crippen molar-refractivity contribution in [1.82, 2.24) is 4.98 Å². The van der Waals surface area contributed by atoms with Crippen LogP contribution in [0.15, 0.2) is 12.3 Å². The molecule has 3 aliphatic carbocycles. The fourth-order valence-electron chi connectivity index (χ4n) is 4.86. The van der Waals surface area contributed by atoms with Gasteiger partial charge in [-0.05, 0) is 47.3 Å². The molecule has 24 heavy (non-hydrogen) atoms. The summed E-state index contributed by atoms with van der Waals surface area (Å²) in [6.45, 7) is 4.75. The van der Waals surface area contributed by atoms with Crippen LogP contribution in [0, 0.1) is 17.2 Å². The van der Waals surface area contributed by atoms with Gasteiger partial charge < -0.3 is 0 Å². The highest BCUT2D eigenvalue weighted by molar-refractivity contribution is 6.63. The van der Waals surface area contributed by atoms with Gasteiger partial charge >= 0.3 is 0 Å². The average Bonchev–Trinajstić information content (AvgIpc) is 2.57. The molecule has 6 heteroatoms. The van der Waals surface area contributed by atoms with Gasteiger partial charge in [-0.2, -0.15) is 0 Å². The summed E-state index contributed by atoms with van der Waals surface area (Å²) in [7, 11) is 7.98. The SMILES string of the molecule is Bc1c(B)c(B)c(-c2cc3c(cn2)CC2CC3C2(C)C)c(F)c1B. The van der Waals surface area contributed by atoms with E-state index in [4.69, 9.17) is 0 Å². The van der Waals surface area contributed by atoms with Crippen molar-refractivity contribution < 1.29 is 4.39 Å². The van der Waals surface area contributed by atoms with E-state index in [-0.39, 0.29) is 5.82 Å². The molecule has 1 nitrogen and oxygen atoms in total. The second-order valence-electron chi connectivity index (χ2n) is 8.47. The van der Waals surface area contributed by atoms with E-state index in [1.807, 2.05) is 29.7 Å². The molecule has 2 atom stereocenters. The van der Waals surface area contributed by atoms with Crippen molar-refractivity contribution in [1.29, 1.82) is 0 Å². The maximum atomic E-state index is 15.0. The Morgan fingerprint density at radius 1 is 1.08 bits per heavy atom. The maximum Gasteiger partial charge on any atom is 0.142 e. The molecular formula is C18H22B4FN. The largest absolute Gasteiger partial charge is 0.256 e. The highest BCUT2D eigenvalue weighted by Gasteiger charge is 2.52. The Morgan fingerprint density at radius 2 is 1.75 bits per heavy atom. The number of aromatic nitrogens is 1. The summed E-state index contributed by atoms with van der Waals surface area (Å²) in [5.74, 6) is 1.28. The summed E-state index contributed by atoms with van der Waals surface area (Å²) in [4.78, 5) is 4.66. The molecular weight excluding hydrogens is 292 g/mol. The van der Waals surface area contributed by atoms with E-state index in [0.717, 1.165) is 34.4 Å². The molecule has 118 valence electrons. The van der Waals surface area contributed by atoms with Crippen LogP contribution in [0.1, 0.15) is 37.3 Å². The van der Waals surface area contributed by atoms with E-state index in [1.165, 1.54) is 23.0 Å². The summed E-state index contributed by atoms with van der Waals surface area (Å²) in [6, 6.07) is 2.18. The first-order chi connectivity index (χ1) is 11.2. The maximum absolute atomic E-state index is 15.0. The number of hydrogen-bond acceptors (Lipinski definition) is 1. The Bertz CT molecular complexity index is 849. The topological polar surface area (TPSA) is 12.9 Å². The van der Waals surface area contributed by atoms with Gasteiger partial charge in [-0.1, -0.05) is 30.2 Å². The van der Waals surface area contributed by atoms with E-state index in [0.29, 0.717) is 16.9 Å². The Kier molecular flexibility index (Phi) is 3.36. The Hall–Kier alpha value is -1.44. The number of pyridine rings is 1. The molecule has 1 aromatic heterocycles. The highest BCUT2D eigenvalue weighted by atomic mass is 19.1. The summed E-state index contributed by atoms with van der Waals surface area (Å²) in [5, 5.41) is 0. The van der Waals surface area contributed by atoms with Crippen molar-refractivity contribution >= 4 is 53.2 Å². The van der Waals surface area contributed by atoms with Gasteiger partial charge in [0.1, 0.15) is 37.2 Å². The van der Waals surface area contributed by atoms with E-state index < -0.39 is 0 Å². The minimum Gasteiger partial charge on any atom is -0.256 e. The number of rotatable bonds is 1. The molecule has 3 aliphatic rings. The van der Waals surface area contributed by atoms with Crippen molar-refractivity contribution in [2.24, 2.45) is 11.3 Å². The third-order valence-electron chi connectivity index (χ3n) is 7.20. The zero-order chi connectivity index (χ0) is 17.4. The average molecular weight is 315 g/mol. The van der Waals surface area contributed by atoms with Crippen LogP contribution in [0.25, 0.3) is 11.3 Å². The van der Waals surface area contributed by atoms with Gasteiger partial charge in [0.25, 0.3) is 0 Å². The lowest BCUT2D eigenvalue weighted by Gasteiger charge is -2.57. The lowest BCUT2D eigenvalue weighted by atomic mass is 9.47. The van der Waals surface area contributed by atoms with Crippen LogP contribution in [-0.4, -0.2) is 36.4 Å². The first kappa shape index (κ1) is 16.1. The molecule has 1 heterocycles. The quantitative estimate of drug-likeness (QED) is 0.535. The normalized spacial score (nSPS) is 23.5. The predicted molar refractivity (Wildman–Crippen MR) is 111 cm³/mol. The van der Waals surface area contributed by atoms with Gasteiger partial charge in [0.15, 0.2) is 0 Å². The zero-order valence-corrected chi connectivity index (χ0v) is 15.5. The van der Waals surface area contributed by atoms with Crippen molar-refractivity contribution in [3.8, 4) is 11.3 Å². The molecule has 0 radical (unpaired) electrons. The third-order valence-corrected chi connectivity index (χ3v) is 7.20. The molecule has 0 N–H and O–H groups in total. The lowest BCUT2D eigenvalue weighted by molar-refractivity contribution is 0.0184. The van der Waals surface area contributed by atoms with E-state index >= 15 is 4.39 Å². The molecule has 0 spiro atoms. The minimum absolute atomic E-state index is 0.107. The molecule has 2 aromatic rings. The molecule has 5 rings (SSSR count). The van der Waals surface area contributed by atoms with Crippen LogP contribution in [0.5, 0.6) is 0 Å². The fraction of sp³-hybridized carbons (Fsp3) is 0.389. The van der Waals surface area contributed by atoms with Gasteiger partial charge in [0.05, 0.1) is 5.69 Å². The smallest absolute Gasteiger partial charge is 0.142 e. The van der Waals surface area contributed by atoms with Crippen molar-refractivity contribution in [2.45, 2.75) is 32.6 Å². The monoisotopic (exact) mass is 315 g/mol. The number of halogens is 1. The standard InChI is InChI=1S/C18H22B4FN/c1-18(2)8-3-7-6-24-11(5-9(7)10(18)4-8)12-13(19)14(20)15(21)16(22)17(12)23/h5-6,8,10H,3-4,19-22H2,1-2H3. The Labute approximate surface area is 147 Å². The minimum atomic E-state index is -0.107. The number of hydrogen-bond donors (Lipinski definition) is 0. The Balaban J connectivity index is 1.90. The molecule has 2 unspecified atom stereocenters. The summed E-state index contributed by atoms with van der Waals surface area (Å²) in [5.41, 5.74) is 8.63. The van der Waals surface area contributed by atoms with E-state index in [2.05, 4.69) is 32.7 Å². The van der Waals surface area contributed by atoms with E-state index in [1.54, 1.807) is 0 Å². The van der Waals surface area contributed by atoms with Gasteiger partial charge in [-0.15, -0.1) is 5.46 Å².